The van der Waals surface area contributed by atoms with Crippen LogP contribution in [0.4, 0.5) is 0 Å². The molecule has 18 heavy (non-hydrogen) atoms. The Morgan fingerprint density at radius 1 is 1.39 bits per heavy atom. The Kier molecular flexibility index (Phi) is 4.15. The van der Waals surface area contributed by atoms with Gasteiger partial charge in [0.2, 0.25) is 15.2 Å². The van der Waals surface area contributed by atoms with Crippen molar-refractivity contribution >= 4 is 33.4 Å². The molecule has 0 saturated heterocycles. The highest BCUT2D eigenvalue weighted by Gasteiger charge is 2.34. The minimum absolute atomic E-state index is 0.229. The van der Waals surface area contributed by atoms with E-state index < -0.39 is 27.1 Å². The number of carboxylic acids is 1. The summed E-state index contributed by atoms with van der Waals surface area (Å²) in [4.78, 5) is 10.7. The molecule has 1 aromatic carbocycles. The van der Waals surface area contributed by atoms with Crippen molar-refractivity contribution in [2.24, 2.45) is 5.73 Å². The van der Waals surface area contributed by atoms with Gasteiger partial charge in [0.1, 0.15) is 0 Å². The fourth-order valence-corrected chi connectivity index (χ4v) is 2.63. The van der Waals surface area contributed by atoms with Crippen LogP contribution >= 0.6 is 11.6 Å². The van der Waals surface area contributed by atoms with Crippen LogP contribution in [0, 0.1) is 5.41 Å². The number of guanidine groups is 1. The summed E-state index contributed by atoms with van der Waals surface area (Å²) in [5.41, 5.74) is 4.95. The number of halogens is 1. The number of sulfone groups is 1. The van der Waals surface area contributed by atoms with Gasteiger partial charge in [0, 0.05) is 5.02 Å². The lowest BCUT2D eigenvalue weighted by atomic mass is 10.4. The molecule has 1 rings (SSSR count). The van der Waals surface area contributed by atoms with E-state index in [9.17, 15) is 13.2 Å². The van der Waals surface area contributed by atoms with Crippen molar-refractivity contribution < 1.29 is 18.3 Å². The third kappa shape index (κ3) is 3.11. The van der Waals surface area contributed by atoms with E-state index in [4.69, 9.17) is 27.9 Å². The van der Waals surface area contributed by atoms with Crippen LogP contribution in [0.2, 0.25) is 5.02 Å². The van der Waals surface area contributed by atoms with E-state index in [1.165, 1.54) is 24.3 Å². The maximum absolute atomic E-state index is 12.0. The molecular formula is C9H10ClN3O4S. The standard InChI is InChI=1S/C9H10ClN3O4S/c10-5-1-3-6(4-2-5)18(16,17)7(8(14)15)13-9(11)12/h1-4,7H,(H,14,15)(H4,11,12,13). The van der Waals surface area contributed by atoms with Crippen LogP contribution in [0.1, 0.15) is 0 Å². The number of aliphatic carboxylic acids is 1. The summed E-state index contributed by atoms with van der Waals surface area (Å²) in [5, 5.41) is 15.9. The second kappa shape index (κ2) is 5.23. The highest BCUT2D eigenvalue weighted by Crippen LogP contribution is 2.18. The highest BCUT2D eigenvalue weighted by atomic mass is 35.5. The van der Waals surface area contributed by atoms with Gasteiger partial charge in [-0.2, -0.15) is 0 Å². The molecule has 0 aliphatic heterocycles. The van der Waals surface area contributed by atoms with E-state index in [1.807, 2.05) is 5.32 Å². The van der Waals surface area contributed by atoms with E-state index in [0.29, 0.717) is 5.02 Å². The van der Waals surface area contributed by atoms with Crippen molar-refractivity contribution in [3.05, 3.63) is 29.3 Å². The van der Waals surface area contributed by atoms with Crippen LogP contribution < -0.4 is 11.1 Å². The summed E-state index contributed by atoms with van der Waals surface area (Å²) in [7, 11) is -4.20. The number of nitrogens with one attached hydrogen (secondary N) is 2. The maximum Gasteiger partial charge on any atom is 0.342 e. The Hall–Kier alpha value is -1.80. The van der Waals surface area contributed by atoms with Gasteiger partial charge in [-0.3, -0.25) is 5.41 Å². The molecule has 98 valence electrons. The Bertz CT molecular complexity index is 570. The summed E-state index contributed by atoms with van der Waals surface area (Å²) in [6, 6.07) is 4.99. The minimum Gasteiger partial charge on any atom is -0.479 e. The lowest BCUT2D eigenvalue weighted by Gasteiger charge is -2.15. The molecule has 7 nitrogen and oxygen atoms in total. The molecule has 1 aromatic rings. The van der Waals surface area contributed by atoms with Gasteiger partial charge in [-0.25, -0.2) is 13.2 Å². The van der Waals surface area contributed by atoms with Crippen molar-refractivity contribution in [3.8, 4) is 0 Å². The second-order valence-electron chi connectivity index (χ2n) is 3.28. The molecule has 9 heteroatoms. The monoisotopic (exact) mass is 291 g/mol. The first kappa shape index (κ1) is 14.3. The zero-order valence-corrected chi connectivity index (χ0v) is 10.5. The number of rotatable bonds is 4. The van der Waals surface area contributed by atoms with Crippen molar-refractivity contribution in [2.75, 3.05) is 0 Å². The lowest BCUT2D eigenvalue weighted by Crippen LogP contribution is -2.48. The molecule has 0 bridgehead atoms. The molecule has 0 aliphatic carbocycles. The van der Waals surface area contributed by atoms with Crippen molar-refractivity contribution in [1.82, 2.24) is 5.32 Å². The number of carboxylic acid groups (broad SMARTS) is 1. The first-order valence-electron chi connectivity index (χ1n) is 4.58. The normalized spacial score (nSPS) is 12.7. The zero-order valence-electron chi connectivity index (χ0n) is 8.92. The van der Waals surface area contributed by atoms with Gasteiger partial charge in [0.05, 0.1) is 4.90 Å². The molecule has 1 unspecified atom stereocenters. The van der Waals surface area contributed by atoms with Gasteiger partial charge in [-0.05, 0) is 24.3 Å². The van der Waals surface area contributed by atoms with Gasteiger partial charge in [0.25, 0.3) is 0 Å². The zero-order chi connectivity index (χ0) is 13.9. The van der Waals surface area contributed by atoms with Crippen LogP contribution in [-0.2, 0) is 14.6 Å². The van der Waals surface area contributed by atoms with Gasteiger partial charge in [-0.15, -0.1) is 0 Å². The first-order chi connectivity index (χ1) is 8.25. The van der Waals surface area contributed by atoms with E-state index in [1.54, 1.807) is 0 Å². The fourth-order valence-electron chi connectivity index (χ4n) is 1.17. The number of nitrogens with two attached hydrogens (primary N) is 1. The molecule has 0 saturated carbocycles. The average molecular weight is 292 g/mol. The molecule has 0 radical (unpaired) electrons. The Balaban J connectivity index is 3.21. The highest BCUT2D eigenvalue weighted by molar-refractivity contribution is 7.92. The third-order valence-corrected chi connectivity index (χ3v) is 4.08. The second-order valence-corrected chi connectivity index (χ2v) is 5.74. The van der Waals surface area contributed by atoms with Gasteiger partial charge >= 0.3 is 5.97 Å². The maximum atomic E-state index is 12.0. The largest absolute Gasteiger partial charge is 0.479 e. The van der Waals surface area contributed by atoms with Crippen LogP contribution in [0.5, 0.6) is 0 Å². The number of hydrogen-bond donors (Lipinski definition) is 4. The molecule has 5 N–H and O–H groups in total. The quantitative estimate of drug-likeness (QED) is 0.456. The van der Waals surface area contributed by atoms with Crippen LogP contribution in [-0.4, -0.2) is 30.8 Å². The Labute approximate surface area is 108 Å². The number of benzene rings is 1. The summed E-state index contributed by atoms with van der Waals surface area (Å²) < 4.78 is 24.0. The van der Waals surface area contributed by atoms with Crippen LogP contribution in [0.25, 0.3) is 0 Å². The van der Waals surface area contributed by atoms with Crippen LogP contribution in [0.15, 0.2) is 29.2 Å². The van der Waals surface area contributed by atoms with E-state index in [2.05, 4.69) is 0 Å². The number of carbonyl (C=O) groups is 1. The molecule has 1 atom stereocenters. The molecule has 0 spiro atoms. The SMILES string of the molecule is N=C(N)NC(C(=O)O)S(=O)(=O)c1ccc(Cl)cc1. The van der Waals surface area contributed by atoms with E-state index in [0.717, 1.165) is 0 Å². The predicted octanol–water partition coefficient (Wildman–Crippen LogP) is 0.00747. The minimum atomic E-state index is -4.20. The molecule has 0 aliphatic rings. The summed E-state index contributed by atoms with van der Waals surface area (Å²) in [5.74, 6) is -2.40. The molecule has 0 amide bonds. The summed E-state index contributed by atoms with van der Waals surface area (Å²) >= 11 is 5.61. The van der Waals surface area contributed by atoms with Crippen molar-refractivity contribution in [3.63, 3.8) is 0 Å². The van der Waals surface area contributed by atoms with Crippen LogP contribution in [0.3, 0.4) is 0 Å². The smallest absolute Gasteiger partial charge is 0.342 e. The van der Waals surface area contributed by atoms with E-state index in [-0.39, 0.29) is 4.90 Å². The molecular weight excluding hydrogens is 282 g/mol. The summed E-state index contributed by atoms with van der Waals surface area (Å²) in [6.45, 7) is 0. The topological polar surface area (TPSA) is 133 Å². The average Bonchev–Trinajstić information content (AvgIpc) is 2.25. The molecule has 0 fully saturated rings. The lowest BCUT2D eigenvalue weighted by molar-refractivity contribution is -0.136. The fraction of sp³-hybridized carbons (Fsp3) is 0.111. The first-order valence-corrected chi connectivity index (χ1v) is 6.50. The van der Waals surface area contributed by atoms with Gasteiger partial charge in [-0.1, -0.05) is 11.6 Å². The van der Waals surface area contributed by atoms with E-state index >= 15 is 0 Å². The predicted molar refractivity (Wildman–Crippen MR) is 65.1 cm³/mol. The Morgan fingerprint density at radius 3 is 2.28 bits per heavy atom. The number of hydrogen-bond acceptors (Lipinski definition) is 4. The molecule has 0 heterocycles. The third-order valence-electron chi connectivity index (χ3n) is 1.96. The van der Waals surface area contributed by atoms with Gasteiger partial charge < -0.3 is 16.2 Å². The van der Waals surface area contributed by atoms with Crippen molar-refractivity contribution in [1.29, 1.82) is 5.41 Å². The summed E-state index contributed by atoms with van der Waals surface area (Å²) in [6.07, 6.45) is 0. The Morgan fingerprint density at radius 2 is 1.89 bits per heavy atom. The molecule has 0 aromatic heterocycles. The van der Waals surface area contributed by atoms with Crippen molar-refractivity contribution in [2.45, 2.75) is 10.3 Å². The van der Waals surface area contributed by atoms with Gasteiger partial charge in [0.15, 0.2) is 5.96 Å².